The molecule has 4 rings (SSSR count). The van der Waals surface area contributed by atoms with Gasteiger partial charge in [-0.3, -0.25) is 4.79 Å². The maximum absolute atomic E-state index is 13.1. The maximum Gasteiger partial charge on any atom is 0.270 e. The van der Waals surface area contributed by atoms with Crippen molar-refractivity contribution in [3.63, 3.8) is 0 Å². The van der Waals surface area contributed by atoms with Gasteiger partial charge in [-0.05, 0) is 42.7 Å². The summed E-state index contributed by atoms with van der Waals surface area (Å²) in [4.78, 5) is 19.2. The van der Waals surface area contributed by atoms with Crippen LogP contribution in [0.4, 0.5) is 10.1 Å². The number of benzene rings is 1. The first-order chi connectivity index (χ1) is 14.5. The number of rotatable bonds is 4. The van der Waals surface area contributed by atoms with Crippen LogP contribution in [0, 0.1) is 17.1 Å². The Kier molecular flexibility index (Phi) is 5.71. The van der Waals surface area contributed by atoms with Gasteiger partial charge in [-0.15, -0.1) is 0 Å². The van der Waals surface area contributed by atoms with E-state index in [1.165, 1.54) is 16.7 Å². The van der Waals surface area contributed by atoms with Gasteiger partial charge >= 0.3 is 0 Å². The first-order valence-electron chi connectivity index (χ1n) is 9.80. The van der Waals surface area contributed by atoms with Crippen LogP contribution < -0.4 is 15.8 Å². The van der Waals surface area contributed by atoms with Crippen LogP contribution in [0.2, 0.25) is 5.15 Å². The number of halogens is 2. The fourth-order valence-electron chi connectivity index (χ4n) is 3.95. The average Bonchev–Trinajstić information content (AvgIpc) is 2.76. The highest BCUT2D eigenvalue weighted by Crippen LogP contribution is 2.30. The van der Waals surface area contributed by atoms with Crippen LogP contribution in [0.25, 0.3) is 11.0 Å². The second kappa shape index (κ2) is 8.42. The Morgan fingerprint density at radius 2 is 1.93 bits per heavy atom. The Bertz CT molecular complexity index is 1180. The fourth-order valence-corrected chi connectivity index (χ4v) is 4.10. The van der Waals surface area contributed by atoms with E-state index in [9.17, 15) is 14.4 Å². The summed E-state index contributed by atoms with van der Waals surface area (Å²) in [6.07, 6.45) is 1.70. The molecule has 1 aliphatic rings. The van der Waals surface area contributed by atoms with Crippen molar-refractivity contribution in [1.82, 2.24) is 14.9 Å². The summed E-state index contributed by atoms with van der Waals surface area (Å²) < 4.78 is 14.5. The Balaban J connectivity index is 1.55. The zero-order chi connectivity index (χ0) is 21.3. The van der Waals surface area contributed by atoms with Crippen molar-refractivity contribution in [2.24, 2.45) is 7.05 Å². The number of piperidine rings is 1. The van der Waals surface area contributed by atoms with Gasteiger partial charge in [0.2, 0.25) is 0 Å². The molecule has 0 saturated carbocycles. The van der Waals surface area contributed by atoms with Crippen molar-refractivity contribution in [1.29, 1.82) is 5.26 Å². The highest BCUT2D eigenvalue weighted by atomic mass is 35.5. The largest absolute Gasteiger partial charge is 0.368 e. The normalized spacial score (nSPS) is 14.8. The number of aromatic nitrogens is 2. The second-order valence-electron chi connectivity index (χ2n) is 7.47. The highest BCUT2D eigenvalue weighted by Gasteiger charge is 2.26. The van der Waals surface area contributed by atoms with E-state index in [0.29, 0.717) is 47.6 Å². The summed E-state index contributed by atoms with van der Waals surface area (Å²) in [6, 6.07) is 12.2. The third-order valence-electron chi connectivity index (χ3n) is 5.61. The van der Waals surface area contributed by atoms with E-state index < -0.39 is 0 Å². The van der Waals surface area contributed by atoms with Gasteiger partial charge in [0.05, 0.1) is 11.2 Å². The quantitative estimate of drug-likeness (QED) is 0.649. The summed E-state index contributed by atoms with van der Waals surface area (Å²) in [7, 11) is 1.64. The molecule has 3 heterocycles. The van der Waals surface area contributed by atoms with Gasteiger partial charge in [0.1, 0.15) is 28.1 Å². The molecule has 0 unspecified atom stereocenters. The van der Waals surface area contributed by atoms with E-state index in [0.717, 1.165) is 18.4 Å². The minimum atomic E-state index is -0.333. The minimum Gasteiger partial charge on any atom is -0.368 e. The van der Waals surface area contributed by atoms with Gasteiger partial charge in [0, 0.05) is 32.7 Å². The summed E-state index contributed by atoms with van der Waals surface area (Å²) in [5.74, 6) is -0.240. The average molecular weight is 426 g/mol. The van der Waals surface area contributed by atoms with Crippen molar-refractivity contribution in [3.05, 3.63) is 68.8 Å². The molecule has 0 radical (unpaired) electrons. The Labute approximate surface area is 178 Å². The summed E-state index contributed by atoms with van der Waals surface area (Å²) in [5, 5.41) is 13.5. The number of anilines is 1. The molecule has 1 aromatic carbocycles. The first-order valence-corrected chi connectivity index (χ1v) is 10.2. The molecule has 6 nitrogen and oxygen atoms in total. The molecule has 1 saturated heterocycles. The van der Waals surface area contributed by atoms with Crippen LogP contribution in [0.1, 0.15) is 24.0 Å². The molecule has 0 aliphatic carbocycles. The number of fused-ring (bicyclic) bond motifs is 1. The van der Waals surface area contributed by atoms with Gasteiger partial charge in [0.15, 0.2) is 0 Å². The SMILES string of the molecule is Cn1c(=O)c(C#N)c(N2CCC(NCc3ccc(F)cc3)CC2)c2nc(Cl)ccc21. The highest BCUT2D eigenvalue weighted by molar-refractivity contribution is 6.29. The number of aryl methyl sites for hydroxylation is 1. The van der Waals surface area contributed by atoms with Gasteiger partial charge in [0.25, 0.3) is 5.56 Å². The van der Waals surface area contributed by atoms with Crippen LogP contribution in [-0.4, -0.2) is 28.7 Å². The number of nitrogens with zero attached hydrogens (tertiary/aromatic N) is 4. The molecule has 8 heteroatoms. The van der Waals surface area contributed by atoms with Crippen molar-refractivity contribution >= 4 is 28.3 Å². The first kappa shape index (κ1) is 20.3. The fraction of sp³-hybridized carbons (Fsp3) is 0.318. The number of hydrogen-bond donors (Lipinski definition) is 1. The monoisotopic (exact) mass is 425 g/mol. The van der Waals surface area contributed by atoms with E-state index in [-0.39, 0.29) is 16.9 Å². The third-order valence-corrected chi connectivity index (χ3v) is 5.82. The Morgan fingerprint density at radius 1 is 1.23 bits per heavy atom. The van der Waals surface area contributed by atoms with Crippen LogP contribution in [0.15, 0.2) is 41.2 Å². The number of nitriles is 1. The van der Waals surface area contributed by atoms with Crippen molar-refractivity contribution in [2.75, 3.05) is 18.0 Å². The smallest absolute Gasteiger partial charge is 0.270 e. The summed E-state index contributed by atoms with van der Waals surface area (Å²) >= 11 is 6.12. The lowest BCUT2D eigenvalue weighted by molar-refractivity contribution is 0.414. The minimum absolute atomic E-state index is 0.0949. The third kappa shape index (κ3) is 3.89. The van der Waals surface area contributed by atoms with Crippen LogP contribution in [-0.2, 0) is 13.6 Å². The number of nitrogens with one attached hydrogen (secondary N) is 1. The standard InChI is InChI=1S/C22H21ClFN5O/c1-28-18-6-7-19(23)27-20(18)21(17(12-25)22(28)30)29-10-8-16(9-11-29)26-13-14-2-4-15(24)5-3-14/h2-7,16,26H,8-11,13H2,1H3. The molecule has 0 spiro atoms. The van der Waals surface area contributed by atoms with Crippen molar-refractivity contribution < 1.29 is 4.39 Å². The number of hydrogen-bond acceptors (Lipinski definition) is 5. The molecule has 0 atom stereocenters. The summed E-state index contributed by atoms with van der Waals surface area (Å²) in [6.45, 7) is 2.04. The maximum atomic E-state index is 13.1. The molecule has 1 aliphatic heterocycles. The molecular weight excluding hydrogens is 405 g/mol. The predicted octanol–water partition coefficient (Wildman–Crippen LogP) is 3.36. The molecule has 1 N–H and O–H groups in total. The molecule has 154 valence electrons. The lowest BCUT2D eigenvalue weighted by atomic mass is 10.0. The Hall–Kier alpha value is -2.95. The van der Waals surface area contributed by atoms with E-state index in [2.05, 4.69) is 21.3 Å². The molecule has 1 fully saturated rings. The molecule has 2 aromatic heterocycles. The molecule has 0 bridgehead atoms. The zero-order valence-electron chi connectivity index (χ0n) is 16.5. The molecule has 0 amide bonds. The van der Waals surface area contributed by atoms with Crippen LogP contribution in [0.5, 0.6) is 0 Å². The van der Waals surface area contributed by atoms with Crippen molar-refractivity contribution in [3.8, 4) is 6.07 Å². The lowest BCUT2D eigenvalue weighted by Gasteiger charge is -2.35. The van der Waals surface area contributed by atoms with E-state index >= 15 is 0 Å². The van der Waals surface area contributed by atoms with Crippen LogP contribution in [0.3, 0.4) is 0 Å². The molecular formula is C22H21ClFN5O. The predicted molar refractivity (Wildman–Crippen MR) is 115 cm³/mol. The van der Waals surface area contributed by atoms with E-state index in [4.69, 9.17) is 11.6 Å². The van der Waals surface area contributed by atoms with Gasteiger partial charge in [-0.2, -0.15) is 5.26 Å². The van der Waals surface area contributed by atoms with E-state index in [1.807, 2.05) is 0 Å². The van der Waals surface area contributed by atoms with E-state index in [1.54, 1.807) is 31.3 Å². The Morgan fingerprint density at radius 3 is 2.60 bits per heavy atom. The summed E-state index contributed by atoms with van der Waals surface area (Å²) in [5.41, 5.74) is 2.57. The van der Waals surface area contributed by atoms with Gasteiger partial charge < -0.3 is 14.8 Å². The second-order valence-corrected chi connectivity index (χ2v) is 7.86. The molecule has 30 heavy (non-hydrogen) atoms. The van der Waals surface area contributed by atoms with Crippen LogP contribution >= 0.6 is 11.6 Å². The van der Waals surface area contributed by atoms with Gasteiger partial charge in [-0.25, -0.2) is 9.37 Å². The molecule has 3 aromatic rings. The zero-order valence-corrected chi connectivity index (χ0v) is 17.3. The van der Waals surface area contributed by atoms with Gasteiger partial charge in [-0.1, -0.05) is 23.7 Å². The topological polar surface area (TPSA) is 74.0 Å². The lowest BCUT2D eigenvalue weighted by Crippen LogP contribution is -2.43. The number of pyridine rings is 2. The van der Waals surface area contributed by atoms with Crippen molar-refractivity contribution in [2.45, 2.75) is 25.4 Å².